The zero-order chi connectivity index (χ0) is 7.57. The third kappa shape index (κ3) is 0.393. The van der Waals surface area contributed by atoms with E-state index in [-0.39, 0.29) is 0 Å². The van der Waals surface area contributed by atoms with Crippen LogP contribution in [0.2, 0.25) is 0 Å². The first-order valence-electron chi connectivity index (χ1n) is 3.13. The molecule has 1 spiro atoms. The van der Waals surface area contributed by atoms with Gasteiger partial charge in [0, 0.05) is 0 Å². The summed E-state index contributed by atoms with van der Waals surface area (Å²) in [4.78, 5) is 10.2. The van der Waals surface area contributed by atoms with Crippen molar-refractivity contribution in [3.8, 4) is 0 Å². The second kappa shape index (κ2) is 1.20. The topological polar surface area (TPSA) is 37.3 Å². The summed E-state index contributed by atoms with van der Waals surface area (Å²) in [6.07, 6.45) is 0.772. The van der Waals surface area contributed by atoms with Crippen LogP contribution in [0.5, 0.6) is 0 Å². The van der Waals surface area contributed by atoms with Gasteiger partial charge in [0.1, 0.15) is 5.92 Å². The van der Waals surface area contributed by atoms with Gasteiger partial charge in [-0.1, -0.05) is 0 Å². The Hall–Kier alpha value is -0.670. The fourth-order valence-electron chi connectivity index (χ4n) is 1.66. The van der Waals surface area contributed by atoms with Gasteiger partial charge in [-0.2, -0.15) is 0 Å². The van der Waals surface area contributed by atoms with Crippen molar-refractivity contribution in [3.05, 3.63) is 0 Å². The Labute approximate surface area is 55.8 Å². The molecule has 2 nitrogen and oxygen atoms in total. The van der Waals surface area contributed by atoms with Crippen LogP contribution in [0.3, 0.4) is 0 Å². The van der Waals surface area contributed by atoms with Crippen LogP contribution >= 0.6 is 0 Å². The third-order valence-electron chi connectivity index (χ3n) is 2.53. The van der Waals surface area contributed by atoms with Gasteiger partial charge >= 0.3 is 5.97 Å². The van der Waals surface area contributed by atoms with Gasteiger partial charge < -0.3 is 5.11 Å². The van der Waals surface area contributed by atoms with Crippen molar-refractivity contribution in [1.82, 2.24) is 0 Å². The molecule has 0 saturated heterocycles. The molecule has 0 aliphatic heterocycles. The van der Waals surface area contributed by atoms with E-state index >= 15 is 0 Å². The Kier molecular flexibility index (Phi) is 0.727. The summed E-state index contributed by atoms with van der Waals surface area (Å²) in [7, 11) is 0. The maximum absolute atomic E-state index is 12.5. The van der Waals surface area contributed by atoms with E-state index in [1.54, 1.807) is 0 Å². The molecule has 0 amide bonds. The molecule has 0 radical (unpaired) electrons. The van der Waals surface area contributed by atoms with Crippen LogP contribution in [-0.2, 0) is 4.79 Å². The molecule has 0 heterocycles. The number of carbonyl (C=O) groups is 1. The quantitative estimate of drug-likeness (QED) is 0.604. The second-order valence-corrected chi connectivity index (χ2v) is 3.05. The van der Waals surface area contributed by atoms with E-state index in [2.05, 4.69) is 0 Å². The minimum Gasteiger partial charge on any atom is -0.481 e. The Balaban J connectivity index is 2.23. The van der Waals surface area contributed by atoms with Crippen molar-refractivity contribution in [2.45, 2.75) is 18.8 Å². The number of aliphatic carboxylic acids is 1. The second-order valence-electron chi connectivity index (χ2n) is 3.05. The van der Waals surface area contributed by atoms with Gasteiger partial charge in [-0.3, -0.25) is 4.79 Å². The minimum absolute atomic E-state index is 0.386. The average Bonchev–Trinajstić information content (AvgIpc) is 2.51. The Morgan fingerprint density at radius 2 is 2.00 bits per heavy atom. The van der Waals surface area contributed by atoms with Gasteiger partial charge in [0.25, 0.3) is 5.92 Å². The fraction of sp³-hybridized carbons (Fsp3) is 0.833. The lowest BCUT2D eigenvalue weighted by molar-refractivity contribution is -0.141. The first-order valence-corrected chi connectivity index (χ1v) is 3.13. The number of halogens is 2. The molecule has 0 unspecified atom stereocenters. The maximum Gasteiger partial charge on any atom is 0.313 e. The van der Waals surface area contributed by atoms with Crippen molar-refractivity contribution < 1.29 is 18.7 Å². The number of carboxylic acids is 1. The van der Waals surface area contributed by atoms with Crippen molar-refractivity contribution in [2.24, 2.45) is 11.3 Å². The molecule has 0 aromatic heterocycles. The van der Waals surface area contributed by atoms with Gasteiger partial charge in [-0.05, 0) is 12.8 Å². The highest BCUT2D eigenvalue weighted by Gasteiger charge is 2.89. The minimum atomic E-state index is -2.90. The van der Waals surface area contributed by atoms with E-state index in [1.165, 1.54) is 0 Å². The molecule has 1 N–H and O–H groups in total. The first kappa shape index (κ1) is 6.07. The Bertz CT molecular complexity index is 204. The first-order chi connectivity index (χ1) is 4.52. The molecule has 2 fully saturated rings. The largest absolute Gasteiger partial charge is 0.481 e. The zero-order valence-electron chi connectivity index (χ0n) is 5.10. The van der Waals surface area contributed by atoms with E-state index in [0.717, 1.165) is 0 Å². The predicted octanol–water partition coefficient (Wildman–Crippen LogP) is 1.12. The predicted molar refractivity (Wildman–Crippen MR) is 27.7 cm³/mol. The lowest BCUT2D eigenvalue weighted by Gasteiger charge is -1.86. The highest BCUT2D eigenvalue weighted by molar-refractivity contribution is 5.78. The van der Waals surface area contributed by atoms with Crippen molar-refractivity contribution >= 4 is 5.97 Å². The lowest BCUT2D eigenvalue weighted by atomic mass is 10.3. The van der Waals surface area contributed by atoms with Gasteiger partial charge in [-0.25, -0.2) is 8.78 Å². The molecule has 0 aromatic carbocycles. The highest BCUT2D eigenvalue weighted by Crippen LogP contribution is 2.79. The smallest absolute Gasteiger partial charge is 0.313 e. The van der Waals surface area contributed by atoms with Crippen molar-refractivity contribution in [1.29, 1.82) is 0 Å². The summed E-state index contributed by atoms with van der Waals surface area (Å²) < 4.78 is 25.0. The zero-order valence-corrected chi connectivity index (χ0v) is 5.10. The van der Waals surface area contributed by atoms with E-state index in [0.29, 0.717) is 12.8 Å². The summed E-state index contributed by atoms with van der Waals surface area (Å²) >= 11 is 0. The molecule has 0 bridgehead atoms. The van der Waals surface area contributed by atoms with Gasteiger partial charge in [0.2, 0.25) is 0 Å². The Morgan fingerprint density at radius 3 is 2.10 bits per heavy atom. The molecular weight excluding hydrogens is 142 g/mol. The SMILES string of the molecule is O=C(O)[C@@H]1C(F)(F)C12CC2. The van der Waals surface area contributed by atoms with Gasteiger partial charge in [0.15, 0.2) is 0 Å². The molecular formula is C6H6F2O2. The highest BCUT2D eigenvalue weighted by atomic mass is 19.3. The summed E-state index contributed by atoms with van der Waals surface area (Å²) in [6.45, 7) is 0. The number of carboxylic acid groups (broad SMARTS) is 1. The Morgan fingerprint density at radius 1 is 1.50 bits per heavy atom. The molecule has 56 valence electrons. The normalized spacial score (nSPS) is 37.6. The fourth-order valence-corrected chi connectivity index (χ4v) is 1.66. The van der Waals surface area contributed by atoms with E-state index in [1.807, 2.05) is 0 Å². The van der Waals surface area contributed by atoms with Crippen LogP contribution < -0.4 is 0 Å². The molecule has 2 aliphatic rings. The summed E-state index contributed by atoms with van der Waals surface area (Å²) in [5.41, 5.74) is -1.10. The molecule has 10 heavy (non-hydrogen) atoms. The van der Waals surface area contributed by atoms with Gasteiger partial charge in [0.05, 0.1) is 5.41 Å². The van der Waals surface area contributed by atoms with E-state index < -0.39 is 23.2 Å². The van der Waals surface area contributed by atoms with Crippen LogP contribution in [0, 0.1) is 11.3 Å². The summed E-state index contributed by atoms with van der Waals surface area (Å²) in [6, 6.07) is 0. The van der Waals surface area contributed by atoms with Crippen molar-refractivity contribution in [3.63, 3.8) is 0 Å². The number of rotatable bonds is 1. The van der Waals surface area contributed by atoms with Crippen LogP contribution in [0.25, 0.3) is 0 Å². The van der Waals surface area contributed by atoms with Gasteiger partial charge in [-0.15, -0.1) is 0 Å². The number of hydrogen-bond acceptors (Lipinski definition) is 1. The molecule has 2 aliphatic carbocycles. The monoisotopic (exact) mass is 148 g/mol. The summed E-state index contributed by atoms with van der Waals surface area (Å²) in [5, 5.41) is 8.28. The van der Waals surface area contributed by atoms with E-state index in [4.69, 9.17) is 5.11 Å². The van der Waals surface area contributed by atoms with Crippen LogP contribution in [0.15, 0.2) is 0 Å². The molecule has 4 heteroatoms. The lowest BCUT2D eigenvalue weighted by Crippen LogP contribution is -2.04. The maximum atomic E-state index is 12.5. The molecule has 2 rings (SSSR count). The van der Waals surface area contributed by atoms with Crippen LogP contribution in [0.4, 0.5) is 8.78 Å². The van der Waals surface area contributed by atoms with Crippen LogP contribution in [-0.4, -0.2) is 17.0 Å². The standard InChI is InChI=1S/C6H6F2O2/c7-6(8)3(4(9)10)5(6)1-2-5/h3H,1-2H2,(H,9,10)/t3-/m0/s1. The van der Waals surface area contributed by atoms with E-state index in [9.17, 15) is 13.6 Å². The average molecular weight is 148 g/mol. The van der Waals surface area contributed by atoms with Crippen LogP contribution in [0.1, 0.15) is 12.8 Å². The molecule has 1 atom stereocenters. The molecule has 0 aromatic rings. The summed E-state index contributed by atoms with van der Waals surface area (Å²) in [5.74, 6) is -5.62. The molecule has 2 saturated carbocycles. The number of alkyl halides is 2. The van der Waals surface area contributed by atoms with Crippen molar-refractivity contribution in [2.75, 3.05) is 0 Å². The number of hydrogen-bond donors (Lipinski definition) is 1. The third-order valence-corrected chi connectivity index (χ3v) is 2.53.